The lowest BCUT2D eigenvalue weighted by Crippen LogP contribution is -2.11. The number of hydrogen-bond donors (Lipinski definition) is 0. The Morgan fingerprint density at radius 2 is 1.07 bits per heavy atom. The highest BCUT2D eigenvalue weighted by molar-refractivity contribution is 6.19. The molecule has 46 heavy (non-hydrogen) atoms. The number of nitrogens with zero attached hydrogens (tertiary/aromatic N) is 1. The van der Waals surface area contributed by atoms with Crippen LogP contribution < -0.4 is 4.90 Å². The van der Waals surface area contributed by atoms with Crippen LogP contribution in [0.15, 0.2) is 180 Å². The van der Waals surface area contributed by atoms with Crippen molar-refractivity contribution in [3.8, 4) is 22.3 Å². The van der Waals surface area contributed by atoms with Crippen LogP contribution in [-0.4, -0.2) is 0 Å². The molecule has 0 N–H and O–H groups in total. The maximum absolute atomic E-state index is 6.14. The molecule has 0 atom stereocenters. The van der Waals surface area contributed by atoms with Gasteiger partial charge in [0.1, 0.15) is 11.2 Å². The van der Waals surface area contributed by atoms with Gasteiger partial charge in [0, 0.05) is 27.7 Å². The molecule has 0 aliphatic carbocycles. The molecule has 0 fully saturated rings. The summed E-state index contributed by atoms with van der Waals surface area (Å²) in [5.41, 5.74) is 9.96. The number of furan rings is 1. The third-order valence-corrected chi connectivity index (χ3v) is 9.04. The minimum absolute atomic E-state index is 0.925. The normalized spacial score (nSPS) is 11.5. The molecule has 2 heteroatoms. The van der Waals surface area contributed by atoms with Gasteiger partial charge in [0.15, 0.2) is 0 Å². The summed E-state index contributed by atoms with van der Waals surface area (Å²) in [7, 11) is 0. The van der Waals surface area contributed by atoms with Gasteiger partial charge in [0.25, 0.3) is 0 Å². The molecule has 0 spiro atoms. The zero-order valence-electron chi connectivity index (χ0n) is 25.1. The van der Waals surface area contributed by atoms with Crippen LogP contribution >= 0.6 is 0 Å². The average molecular weight is 588 g/mol. The maximum Gasteiger partial charge on any atom is 0.136 e. The van der Waals surface area contributed by atoms with E-state index in [1.54, 1.807) is 0 Å². The smallest absolute Gasteiger partial charge is 0.136 e. The summed E-state index contributed by atoms with van der Waals surface area (Å²) in [4.78, 5) is 2.37. The van der Waals surface area contributed by atoms with E-state index in [0.29, 0.717) is 0 Å². The van der Waals surface area contributed by atoms with E-state index < -0.39 is 0 Å². The number of anilines is 3. The molecule has 8 aromatic carbocycles. The molecule has 0 aliphatic rings. The Bertz CT molecular complexity index is 2530. The van der Waals surface area contributed by atoms with Crippen LogP contribution in [0, 0.1) is 0 Å². The van der Waals surface area contributed by atoms with Crippen LogP contribution in [0.25, 0.3) is 65.7 Å². The second kappa shape index (κ2) is 10.8. The number of hydrogen-bond acceptors (Lipinski definition) is 2. The Balaban J connectivity index is 1.16. The van der Waals surface area contributed by atoms with Gasteiger partial charge in [-0.05, 0) is 86.8 Å². The number of fused-ring (bicyclic) bond motifs is 6. The molecule has 0 amide bonds. The van der Waals surface area contributed by atoms with Gasteiger partial charge in [-0.3, -0.25) is 0 Å². The maximum atomic E-state index is 6.14. The van der Waals surface area contributed by atoms with Crippen molar-refractivity contribution in [1.82, 2.24) is 0 Å². The second-order valence-corrected chi connectivity index (χ2v) is 11.8. The highest BCUT2D eigenvalue weighted by atomic mass is 16.3. The summed E-state index contributed by atoms with van der Waals surface area (Å²) < 4.78 is 6.14. The Morgan fingerprint density at radius 1 is 0.370 bits per heavy atom. The Labute approximate surface area is 267 Å². The molecule has 1 heterocycles. The minimum Gasteiger partial charge on any atom is -0.456 e. The zero-order valence-corrected chi connectivity index (χ0v) is 25.1. The SMILES string of the molecule is c1ccc(-c2ccccc2N(c2ccc(-c3ccc4c(ccc5oc6ccccc6c54)c3)cc2)c2ccc3ccccc3c2)cc1. The van der Waals surface area contributed by atoms with Gasteiger partial charge < -0.3 is 9.32 Å². The summed E-state index contributed by atoms with van der Waals surface area (Å²) in [6.07, 6.45) is 0. The van der Waals surface area contributed by atoms with Crippen LogP contribution in [0.5, 0.6) is 0 Å². The van der Waals surface area contributed by atoms with Crippen molar-refractivity contribution < 1.29 is 4.42 Å². The van der Waals surface area contributed by atoms with Gasteiger partial charge in [-0.1, -0.05) is 127 Å². The first-order chi connectivity index (χ1) is 22.8. The van der Waals surface area contributed by atoms with E-state index in [1.165, 1.54) is 49.2 Å². The van der Waals surface area contributed by atoms with Gasteiger partial charge in [-0.25, -0.2) is 0 Å². The first kappa shape index (κ1) is 26.3. The Hall–Kier alpha value is -6.12. The van der Waals surface area contributed by atoms with Crippen LogP contribution in [-0.2, 0) is 0 Å². The molecule has 0 aliphatic heterocycles. The summed E-state index contributed by atoms with van der Waals surface area (Å²) in [5.74, 6) is 0. The van der Waals surface area contributed by atoms with E-state index >= 15 is 0 Å². The molecular formula is C44H29NO. The predicted molar refractivity (Wildman–Crippen MR) is 194 cm³/mol. The van der Waals surface area contributed by atoms with Gasteiger partial charge >= 0.3 is 0 Å². The molecule has 0 saturated carbocycles. The standard InChI is InChI=1S/C44H29NO/c1-2-11-32(12-3-1)38-14-6-8-16-41(38)45(37-25-20-30-10-4-5-13-33(30)29-37)36-23-18-31(19-24-36)34-21-26-39-35(28-34)22-27-43-44(39)40-15-7-9-17-42(40)46-43/h1-29H. The van der Waals surface area contributed by atoms with E-state index in [-0.39, 0.29) is 0 Å². The summed E-state index contributed by atoms with van der Waals surface area (Å²) in [6.45, 7) is 0. The molecule has 9 rings (SSSR count). The van der Waals surface area contributed by atoms with E-state index in [0.717, 1.165) is 33.6 Å². The largest absolute Gasteiger partial charge is 0.456 e. The first-order valence-electron chi connectivity index (χ1n) is 15.7. The predicted octanol–water partition coefficient (Wildman–Crippen LogP) is 12.7. The Morgan fingerprint density at radius 3 is 1.96 bits per heavy atom. The first-order valence-corrected chi connectivity index (χ1v) is 15.7. The zero-order chi connectivity index (χ0) is 30.5. The molecule has 0 unspecified atom stereocenters. The number of benzene rings is 8. The average Bonchev–Trinajstić information content (AvgIpc) is 3.52. The Kier molecular flexibility index (Phi) is 6.17. The second-order valence-electron chi connectivity index (χ2n) is 11.8. The molecule has 0 saturated heterocycles. The van der Waals surface area contributed by atoms with E-state index in [1.807, 2.05) is 12.1 Å². The lowest BCUT2D eigenvalue weighted by Gasteiger charge is -2.28. The van der Waals surface area contributed by atoms with Gasteiger partial charge in [0.2, 0.25) is 0 Å². The quantitative estimate of drug-likeness (QED) is 0.199. The van der Waals surface area contributed by atoms with Crippen molar-refractivity contribution in [1.29, 1.82) is 0 Å². The third-order valence-electron chi connectivity index (χ3n) is 9.04. The van der Waals surface area contributed by atoms with Gasteiger partial charge in [-0.15, -0.1) is 0 Å². The molecule has 216 valence electrons. The summed E-state index contributed by atoms with van der Waals surface area (Å²) in [6, 6.07) is 62.8. The minimum atomic E-state index is 0.925. The molecule has 0 radical (unpaired) electrons. The lowest BCUT2D eigenvalue weighted by atomic mass is 9.98. The summed E-state index contributed by atoms with van der Waals surface area (Å²) >= 11 is 0. The molecule has 9 aromatic rings. The monoisotopic (exact) mass is 587 g/mol. The highest BCUT2D eigenvalue weighted by Gasteiger charge is 2.18. The van der Waals surface area contributed by atoms with Crippen molar-refractivity contribution in [3.63, 3.8) is 0 Å². The topological polar surface area (TPSA) is 16.4 Å². The van der Waals surface area contributed by atoms with E-state index in [9.17, 15) is 0 Å². The van der Waals surface area contributed by atoms with E-state index in [2.05, 4.69) is 169 Å². The fourth-order valence-corrected chi connectivity index (χ4v) is 6.81. The fraction of sp³-hybridized carbons (Fsp3) is 0. The van der Waals surface area contributed by atoms with Crippen molar-refractivity contribution >= 4 is 60.5 Å². The van der Waals surface area contributed by atoms with Crippen molar-refractivity contribution in [2.24, 2.45) is 0 Å². The van der Waals surface area contributed by atoms with E-state index in [4.69, 9.17) is 4.42 Å². The van der Waals surface area contributed by atoms with Crippen molar-refractivity contribution in [2.45, 2.75) is 0 Å². The molecule has 0 bridgehead atoms. The number of para-hydroxylation sites is 2. The number of rotatable bonds is 5. The highest BCUT2D eigenvalue weighted by Crippen LogP contribution is 2.42. The van der Waals surface area contributed by atoms with Gasteiger partial charge in [-0.2, -0.15) is 0 Å². The lowest BCUT2D eigenvalue weighted by molar-refractivity contribution is 0.669. The fourth-order valence-electron chi connectivity index (χ4n) is 6.81. The van der Waals surface area contributed by atoms with Crippen molar-refractivity contribution in [2.75, 3.05) is 4.90 Å². The van der Waals surface area contributed by atoms with Crippen LogP contribution in [0.2, 0.25) is 0 Å². The van der Waals surface area contributed by atoms with Crippen LogP contribution in [0.4, 0.5) is 17.1 Å². The third kappa shape index (κ3) is 4.43. The van der Waals surface area contributed by atoms with Crippen LogP contribution in [0.3, 0.4) is 0 Å². The molecule has 2 nitrogen and oxygen atoms in total. The van der Waals surface area contributed by atoms with Crippen LogP contribution in [0.1, 0.15) is 0 Å². The summed E-state index contributed by atoms with van der Waals surface area (Å²) in [5, 5.41) is 7.20. The molecule has 1 aromatic heterocycles. The van der Waals surface area contributed by atoms with Crippen molar-refractivity contribution in [3.05, 3.63) is 176 Å². The van der Waals surface area contributed by atoms with Gasteiger partial charge in [0.05, 0.1) is 5.69 Å². The molecular weight excluding hydrogens is 558 g/mol.